The van der Waals surface area contributed by atoms with Crippen LogP contribution in [0.25, 0.3) is 21.7 Å². The van der Waals surface area contributed by atoms with Gasteiger partial charge < -0.3 is 14.6 Å². The molecular weight excluding hydrogens is 406 g/mol. The van der Waals surface area contributed by atoms with Crippen LogP contribution in [0.4, 0.5) is 0 Å². The van der Waals surface area contributed by atoms with Crippen molar-refractivity contribution in [2.24, 2.45) is 0 Å². The molecule has 0 bridgehead atoms. The van der Waals surface area contributed by atoms with Crippen LogP contribution in [-0.2, 0) is 4.79 Å². The first kappa shape index (κ1) is 19.5. The predicted molar refractivity (Wildman–Crippen MR) is 110 cm³/mol. The fraction of sp³-hybridized carbons (Fsp3) is 0.158. The number of halogens is 1. The molecule has 3 aromatic rings. The Bertz CT molecular complexity index is 972. The van der Waals surface area contributed by atoms with Crippen molar-refractivity contribution in [3.63, 3.8) is 0 Å². The van der Waals surface area contributed by atoms with Gasteiger partial charge in [0.2, 0.25) is 0 Å². The van der Waals surface area contributed by atoms with Crippen molar-refractivity contribution in [3.05, 3.63) is 52.5 Å². The number of aromatic nitrogens is 1. The van der Waals surface area contributed by atoms with E-state index in [1.807, 2.05) is 24.3 Å². The first-order valence-corrected chi connectivity index (χ1v) is 9.55. The van der Waals surface area contributed by atoms with Gasteiger partial charge in [0.15, 0.2) is 16.7 Å². The van der Waals surface area contributed by atoms with Gasteiger partial charge in [-0.25, -0.2) is 4.98 Å². The van der Waals surface area contributed by atoms with Gasteiger partial charge in [0.05, 0.1) is 24.8 Å². The van der Waals surface area contributed by atoms with E-state index in [9.17, 15) is 9.90 Å². The zero-order valence-corrected chi connectivity index (χ0v) is 16.9. The molecule has 1 unspecified atom stereocenters. The largest absolute Gasteiger partial charge is 0.493 e. The molecule has 0 saturated heterocycles. The van der Waals surface area contributed by atoms with Gasteiger partial charge in [-0.15, -0.1) is 11.3 Å². The Balaban J connectivity index is 2.18. The Morgan fingerprint density at radius 2 is 1.74 bits per heavy atom. The fourth-order valence-corrected chi connectivity index (χ4v) is 3.95. The molecule has 2 aromatic carbocycles. The normalized spacial score (nSPS) is 11.9. The number of nitrogens with zero attached hydrogens (tertiary/aromatic N) is 1. The molecule has 1 N–H and O–H groups in total. The van der Waals surface area contributed by atoms with Gasteiger partial charge in [-0.1, -0.05) is 23.7 Å². The number of carboxylic acids is 1. The standard InChI is InChI=1S/C19H16ClNO4S2/c1-24-13-8-5-11(9-14(13)25-2)15-17(10-3-6-12(20)7-4-10)27-18(21-15)16(26)19(22)23/h3-9,16,26H,1-2H3,(H,22,23). The molecule has 0 fully saturated rings. The molecule has 140 valence electrons. The third-order valence-electron chi connectivity index (χ3n) is 3.87. The van der Waals surface area contributed by atoms with Crippen molar-refractivity contribution in [3.8, 4) is 33.2 Å². The summed E-state index contributed by atoms with van der Waals surface area (Å²) >= 11 is 11.5. The maximum absolute atomic E-state index is 11.4. The number of hydrogen-bond donors (Lipinski definition) is 2. The summed E-state index contributed by atoms with van der Waals surface area (Å²) in [6.07, 6.45) is 0. The van der Waals surface area contributed by atoms with Crippen LogP contribution in [0.1, 0.15) is 10.3 Å². The molecule has 0 radical (unpaired) electrons. The molecule has 5 nitrogen and oxygen atoms in total. The maximum atomic E-state index is 11.4. The number of carbonyl (C=O) groups is 1. The molecule has 3 rings (SSSR count). The molecule has 8 heteroatoms. The van der Waals surface area contributed by atoms with E-state index >= 15 is 0 Å². The third kappa shape index (κ3) is 4.05. The number of carboxylic acid groups (broad SMARTS) is 1. The lowest BCUT2D eigenvalue weighted by molar-refractivity contribution is -0.136. The van der Waals surface area contributed by atoms with Gasteiger partial charge in [0.25, 0.3) is 0 Å². The van der Waals surface area contributed by atoms with E-state index in [1.54, 1.807) is 32.4 Å². The highest BCUT2D eigenvalue weighted by Gasteiger charge is 2.24. The monoisotopic (exact) mass is 421 g/mol. The Kier molecular flexibility index (Phi) is 5.94. The van der Waals surface area contributed by atoms with Crippen molar-refractivity contribution in [2.75, 3.05) is 14.2 Å². The molecule has 1 aromatic heterocycles. The zero-order chi connectivity index (χ0) is 19.6. The van der Waals surface area contributed by atoms with Crippen molar-refractivity contribution in [2.45, 2.75) is 5.25 Å². The van der Waals surface area contributed by atoms with E-state index in [0.29, 0.717) is 27.2 Å². The molecule has 0 saturated carbocycles. The van der Waals surface area contributed by atoms with E-state index in [4.69, 9.17) is 21.1 Å². The molecule has 0 aliphatic rings. The smallest absolute Gasteiger partial charge is 0.323 e. The fourth-order valence-electron chi connectivity index (χ4n) is 2.54. The molecule has 0 aliphatic heterocycles. The van der Waals surface area contributed by atoms with Crippen LogP contribution in [0.15, 0.2) is 42.5 Å². The van der Waals surface area contributed by atoms with E-state index in [-0.39, 0.29) is 0 Å². The van der Waals surface area contributed by atoms with E-state index in [1.165, 1.54) is 11.3 Å². The number of rotatable bonds is 6. The molecule has 1 atom stereocenters. The second-order valence-electron chi connectivity index (χ2n) is 5.55. The minimum Gasteiger partial charge on any atom is -0.493 e. The van der Waals surface area contributed by atoms with Crippen molar-refractivity contribution < 1.29 is 19.4 Å². The van der Waals surface area contributed by atoms with Crippen LogP contribution in [-0.4, -0.2) is 30.3 Å². The first-order valence-electron chi connectivity index (χ1n) is 7.84. The summed E-state index contributed by atoms with van der Waals surface area (Å²) in [4.78, 5) is 16.7. The predicted octanol–water partition coefficient (Wildman–Crippen LogP) is 5.20. The summed E-state index contributed by atoms with van der Waals surface area (Å²) in [6, 6.07) is 12.8. The van der Waals surface area contributed by atoms with Gasteiger partial charge in [-0.05, 0) is 35.9 Å². The highest BCUT2D eigenvalue weighted by atomic mass is 35.5. The quantitative estimate of drug-likeness (QED) is 0.535. The second kappa shape index (κ2) is 8.21. The minimum atomic E-state index is -1.05. The Morgan fingerprint density at radius 1 is 1.11 bits per heavy atom. The molecular formula is C19H16ClNO4S2. The van der Waals surface area contributed by atoms with Crippen molar-refractivity contribution >= 4 is 41.5 Å². The number of methoxy groups -OCH3 is 2. The highest BCUT2D eigenvalue weighted by Crippen LogP contribution is 2.42. The maximum Gasteiger partial charge on any atom is 0.323 e. The first-order chi connectivity index (χ1) is 12.9. The lowest BCUT2D eigenvalue weighted by Gasteiger charge is -2.09. The molecule has 0 aliphatic carbocycles. The lowest BCUT2D eigenvalue weighted by atomic mass is 10.1. The Morgan fingerprint density at radius 3 is 2.33 bits per heavy atom. The van der Waals surface area contributed by atoms with E-state index in [2.05, 4.69) is 17.6 Å². The van der Waals surface area contributed by atoms with Gasteiger partial charge in [-0.2, -0.15) is 12.6 Å². The molecule has 1 heterocycles. The summed E-state index contributed by atoms with van der Waals surface area (Å²) in [7, 11) is 3.12. The number of ether oxygens (including phenoxy) is 2. The number of thiazole rings is 1. The van der Waals surface area contributed by atoms with Gasteiger partial charge >= 0.3 is 5.97 Å². The highest BCUT2D eigenvalue weighted by molar-refractivity contribution is 7.81. The van der Waals surface area contributed by atoms with Gasteiger partial charge in [0.1, 0.15) is 5.01 Å². The summed E-state index contributed by atoms with van der Waals surface area (Å²) < 4.78 is 10.7. The number of thiol groups is 1. The average Bonchev–Trinajstić information content (AvgIpc) is 3.12. The SMILES string of the molecule is COc1ccc(-c2nc(C(S)C(=O)O)sc2-c2ccc(Cl)cc2)cc1OC. The number of benzene rings is 2. The number of hydrogen-bond acceptors (Lipinski definition) is 6. The van der Waals surface area contributed by atoms with Gasteiger partial charge in [0, 0.05) is 10.6 Å². The summed E-state index contributed by atoms with van der Waals surface area (Å²) in [5.41, 5.74) is 2.32. The topological polar surface area (TPSA) is 68.7 Å². The zero-order valence-electron chi connectivity index (χ0n) is 14.5. The van der Waals surface area contributed by atoms with Crippen LogP contribution < -0.4 is 9.47 Å². The third-order valence-corrected chi connectivity index (χ3v) is 5.94. The van der Waals surface area contributed by atoms with Crippen LogP contribution in [0.5, 0.6) is 11.5 Å². The molecule has 27 heavy (non-hydrogen) atoms. The summed E-state index contributed by atoms with van der Waals surface area (Å²) in [5, 5.41) is 9.32. The summed E-state index contributed by atoms with van der Waals surface area (Å²) in [5.74, 6) is 0.114. The minimum absolute atomic E-state index is 0.403. The average molecular weight is 422 g/mol. The van der Waals surface area contributed by atoms with Crippen LogP contribution >= 0.6 is 35.6 Å². The summed E-state index contributed by atoms with van der Waals surface area (Å²) in [6.45, 7) is 0. The van der Waals surface area contributed by atoms with Crippen LogP contribution in [0, 0.1) is 0 Å². The van der Waals surface area contributed by atoms with Crippen LogP contribution in [0.3, 0.4) is 0 Å². The number of aliphatic carboxylic acids is 1. The second-order valence-corrected chi connectivity index (χ2v) is 7.53. The van der Waals surface area contributed by atoms with Crippen molar-refractivity contribution in [1.82, 2.24) is 4.98 Å². The van der Waals surface area contributed by atoms with E-state index in [0.717, 1.165) is 16.0 Å². The molecule has 0 spiro atoms. The van der Waals surface area contributed by atoms with E-state index < -0.39 is 11.2 Å². The van der Waals surface area contributed by atoms with Crippen molar-refractivity contribution in [1.29, 1.82) is 0 Å². The Hall–Kier alpha value is -2.22. The Labute approximate surface area is 171 Å². The molecule has 0 amide bonds. The van der Waals surface area contributed by atoms with Gasteiger partial charge in [-0.3, -0.25) is 4.79 Å². The van der Waals surface area contributed by atoms with Crippen LogP contribution in [0.2, 0.25) is 5.02 Å². The lowest BCUT2D eigenvalue weighted by Crippen LogP contribution is -2.04.